The van der Waals surface area contributed by atoms with E-state index < -0.39 is 11.9 Å². The van der Waals surface area contributed by atoms with E-state index in [0.717, 1.165) is 0 Å². The molecule has 1 saturated heterocycles. The number of aliphatic carboxylic acids is 1. The summed E-state index contributed by atoms with van der Waals surface area (Å²) in [4.78, 5) is 33.3. The lowest BCUT2D eigenvalue weighted by Gasteiger charge is -2.35. The number of nitrogens with one attached hydrogen (secondary N) is 1. The molecule has 0 radical (unpaired) electrons. The Labute approximate surface area is 80.5 Å². The predicted molar refractivity (Wildman–Crippen MR) is 45.1 cm³/mol. The van der Waals surface area contributed by atoms with Crippen LogP contribution in [0.25, 0.3) is 0 Å². The number of hydrogen-bond donors (Lipinski definition) is 2. The molecule has 2 atom stereocenters. The number of carbonyl (C=O) groups excluding carboxylic acids is 2. The van der Waals surface area contributed by atoms with E-state index in [0.29, 0.717) is 19.3 Å². The second-order valence-corrected chi connectivity index (χ2v) is 3.99. The molecule has 76 valence electrons. The van der Waals surface area contributed by atoms with Gasteiger partial charge >= 0.3 is 5.97 Å². The van der Waals surface area contributed by atoms with Gasteiger partial charge < -0.3 is 5.11 Å². The highest BCUT2D eigenvalue weighted by Gasteiger charge is 2.43. The molecule has 5 heteroatoms. The van der Waals surface area contributed by atoms with Gasteiger partial charge in [-0.1, -0.05) is 0 Å². The minimum atomic E-state index is -0.901. The number of piperidine rings is 1. The fourth-order valence-electron chi connectivity index (χ4n) is 2.27. The predicted octanol–water partition coefficient (Wildman–Crippen LogP) is -0.240. The SMILES string of the molecule is O=C(O)C1CC2CC(C1)C(=O)NC2=O. The first kappa shape index (κ1) is 9.18. The molecule has 0 aromatic heterocycles. The van der Waals surface area contributed by atoms with Gasteiger partial charge in [0, 0.05) is 11.8 Å². The highest BCUT2D eigenvalue weighted by Crippen LogP contribution is 2.36. The molecule has 0 spiro atoms. The third-order valence-electron chi connectivity index (χ3n) is 3.04. The van der Waals surface area contributed by atoms with Gasteiger partial charge in [-0.3, -0.25) is 19.7 Å². The van der Waals surface area contributed by atoms with Gasteiger partial charge in [0.15, 0.2) is 0 Å². The molecule has 2 bridgehead atoms. The van der Waals surface area contributed by atoms with Crippen LogP contribution in [0.4, 0.5) is 0 Å². The van der Waals surface area contributed by atoms with Gasteiger partial charge in [-0.05, 0) is 19.3 Å². The molecular formula is C9H11NO4. The van der Waals surface area contributed by atoms with E-state index in [2.05, 4.69) is 5.32 Å². The summed E-state index contributed by atoms with van der Waals surface area (Å²) >= 11 is 0. The maximum Gasteiger partial charge on any atom is 0.306 e. The Bertz CT molecular complexity index is 290. The average molecular weight is 197 g/mol. The Morgan fingerprint density at radius 3 is 2.07 bits per heavy atom. The standard InChI is InChI=1S/C9H11NO4/c11-7-4-1-5(8(12)10-7)3-6(2-4)9(13)14/h4-6H,1-3H2,(H,13,14)(H,10,11,12). The van der Waals surface area contributed by atoms with Crippen molar-refractivity contribution in [2.45, 2.75) is 19.3 Å². The third-order valence-corrected chi connectivity index (χ3v) is 3.04. The molecule has 2 unspecified atom stereocenters. The largest absolute Gasteiger partial charge is 0.481 e. The van der Waals surface area contributed by atoms with E-state index >= 15 is 0 Å². The monoisotopic (exact) mass is 197 g/mol. The third kappa shape index (κ3) is 1.38. The molecule has 2 amide bonds. The fourth-order valence-corrected chi connectivity index (χ4v) is 2.27. The first-order valence-corrected chi connectivity index (χ1v) is 4.65. The van der Waals surface area contributed by atoms with Crippen molar-refractivity contribution in [2.75, 3.05) is 0 Å². The van der Waals surface area contributed by atoms with Crippen molar-refractivity contribution in [1.29, 1.82) is 0 Å². The summed E-state index contributed by atoms with van der Waals surface area (Å²) in [7, 11) is 0. The summed E-state index contributed by atoms with van der Waals surface area (Å²) in [6.07, 6.45) is 1.25. The second-order valence-electron chi connectivity index (χ2n) is 3.99. The molecular weight excluding hydrogens is 186 g/mol. The lowest BCUT2D eigenvalue weighted by molar-refractivity contribution is -0.149. The maximum atomic E-state index is 11.3. The Kier molecular flexibility index (Phi) is 2.02. The first-order chi connectivity index (χ1) is 6.58. The van der Waals surface area contributed by atoms with Crippen LogP contribution < -0.4 is 5.32 Å². The van der Waals surface area contributed by atoms with Gasteiger partial charge in [0.05, 0.1) is 5.92 Å². The molecule has 14 heavy (non-hydrogen) atoms. The van der Waals surface area contributed by atoms with E-state index in [1.807, 2.05) is 0 Å². The average Bonchev–Trinajstić information content (AvgIpc) is 2.15. The van der Waals surface area contributed by atoms with Crippen molar-refractivity contribution in [2.24, 2.45) is 17.8 Å². The van der Waals surface area contributed by atoms with E-state index in [1.165, 1.54) is 0 Å². The Morgan fingerprint density at radius 2 is 1.64 bits per heavy atom. The molecule has 0 aromatic carbocycles. The lowest BCUT2D eigenvalue weighted by atomic mass is 9.72. The van der Waals surface area contributed by atoms with Crippen LogP contribution in [0.3, 0.4) is 0 Å². The number of carboxylic acid groups (broad SMARTS) is 1. The van der Waals surface area contributed by atoms with Crippen LogP contribution in [-0.2, 0) is 14.4 Å². The highest BCUT2D eigenvalue weighted by molar-refractivity contribution is 6.00. The number of carboxylic acids is 1. The van der Waals surface area contributed by atoms with Crippen molar-refractivity contribution in [3.63, 3.8) is 0 Å². The Balaban J connectivity index is 2.17. The van der Waals surface area contributed by atoms with Crippen molar-refractivity contribution in [1.82, 2.24) is 5.32 Å². The van der Waals surface area contributed by atoms with Gasteiger partial charge in [0.25, 0.3) is 0 Å². The Hall–Kier alpha value is -1.39. The number of carbonyl (C=O) groups is 3. The summed E-state index contributed by atoms with van der Waals surface area (Å²) in [6, 6.07) is 0. The van der Waals surface area contributed by atoms with Gasteiger partial charge in [0.1, 0.15) is 0 Å². The lowest BCUT2D eigenvalue weighted by Crippen LogP contribution is -2.50. The highest BCUT2D eigenvalue weighted by atomic mass is 16.4. The maximum absolute atomic E-state index is 11.3. The molecule has 1 aliphatic heterocycles. The fraction of sp³-hybridized carbons (Fsp3) is 0.667. The van der Waals surface area contributed by atoms with Gasteiger partial charge in [-0.15, -0.1) is 0 Å². The van der Waals surface area contributed by atoms with Crippen LogP contribution >= 0.6 is 0 Å². The van der Waals surface area contributed by atoms with Crippen molar-refractivity contribution < 1.29 is 19.5 Å². The Morgan fingerprint density at radius 1 is 1.14 bits per heavy atom. The molecule has 2 fully saturated rings. The van der Waals surface area contributed by atoms with Crippen LogP contribution in [0, 0.1) is 17.8 Å². The van der Waals surface area contributed by atoms with Crippen LogP contribution in [0.1, 0.15) is 19.3 Å². The first-order valence-electron chi connectivity index (χ1n) is 4.65. The van der Waals surface area contributed by atoms with Crippen molar-refractivity contribution >= 4 is 17.8 Å². The van der Waals surface area contributed by atoms with Crippen molar-refractivity contribution in [3.05, 3.63) is 0 Å². The van der Waals surface area contributed by atoms with E-state index in [1.54, 1.807) is 0 Å². The molecule has 1 heterocycles. The van der Waals surface area contributed by atoms with E-state index in [-0.39, 0.29) is 23.7 Å². The van der Waals surface area contributed by atoms with Gasteiger partial charge in [-0.2, -0.15) is 0 Å². The summed E-state index contributed by atoms with van der Waals surface area (Å²) in [5.41, 5.74) is 0. The molecule has 1 saturated carbocycles. The summed E-state index contributed by atoms with van der Waals surface area (Å²) in [5.74, 6) is -2.62. The second kappa shape index (κ2) is 3.08. The summed E-state index contributed by atoms with van der Waals surface area (Å²) in [6.45, 7) is 0. The molecule has 2 rings (SSSR count). The van der Waals surface area contributed by atoms with Crippen LogP contribution in [0.2, 0.25) is 0 Å². The zero-order chi connectivity index (χ0) is 10.3. The summed E-state index contributed by atoms with van der Waals surface area (Å²) < 4.78 is 0. The number of hydrogen-bond acceptors (Lipinski definition) is 3. The number of rotatable bonds is 1. The van der Waals surface area contributed by atoms with Gasteiger partial charge in [0.2, 0.25) is 11.8 Å². The molecule has 1 aliphatic carbocycles. The minimum Gasteiger partial charge on any atom is -0.481 e. The molecule has 2 aliphatic rings. The molecule has 2 N–H and O–H groups in total. The van der Waals surface area contributed by atoms with Crippen LogP contribution in [0.5, 0.6) is 0 Å². The normalized spacial score (nSPS) is 36.4. The quantitative estimate of drug-likeness (QED) is 0.568. The number of amides is 2. The minimum absolute atomic E-state index is 0.285. The zero-order valence-corrected chi connectivity index (χ0v) is 7.53. The number of imide groups is 1. The topological polar surface area (TPSA) is 83.5 Å². The van der Waals surface area contributed by atoms with E-state index in [9.17, 15) is 14.4 Å². The molecule has 5 nitrogen and oxygen atoms in total. The molecule has 0 aromatic rings. The van der Waals surface area contributed by atoms with Crippen LogP contribution in [-0.4, -0.2) is 22.9 Å². The van der Waals surface area contributed by atoms with Crippen molar-refractivity contribution in [3.8, 4) is 0 Å². The van der Waals surface area contributed by atoms with Crippen LogP contribution in [0.15, 0.2) is 0 Å². The smallest absolute Gasteiger partial charge is 0.306 e. The zero-order valence-electron chi connectivity index (χ0n) is 7.53. The van der Waals surface area contributed by atoms with Gasteiger partial charge in [-0.25, -0.2) is 0 Å². The summed E-state index contributed by atoms with van der Waals surface area (Å²) in [5, 5.41) is 11.1. The van der Waals surface area contributed by atoms with E-state index in [4.69, 9.17) is 5.11 Å². The number of fused-ring (bicyclic) bond motifs is 2.